The summed E-state index contributed by atoms with van der Waals surface area (Å²) in [5, 5.41) is 0. The lowest BCUT2D eigenvalue weighted by atomic mass is 10.2. The summed E-state index contributed by atoms with van der Waals surface area (Å²) < 4.78 is 32.5. The van der Waals surface area contributed by atoms with Crippen LogP contribution in [0.3, 0.4) is 0 Å². The van der Waals surface area contributed by atoms with Gasteiger partial charge in [-0.3, -0.25) is 4.72 Å². The summed E-state index contributed by atoms with van der Waals surface area (Å²) >= 11 is 6.09. The van der Waals surface area contributed by atoms with Crippen molar-refractivity contribution in [3.05, 3.63) is 40.8 Å². The van der Waals surface area contributed by atoms with Crippen LogP contribution in [0, 0.1) is 6.92 Å². The first-order chi connectivity index (χ1) is 9.83. The monoisotopic (exact) mass is 342 g/mol. The van der Waals surface area contributed by atoms with Gasteiger partial charge in [0.25, 0.3) is 10.0 Å². The van der Waals surface area contributed by atoms with Gasteiger partial charge in [-0.2, -0.15) is 0 Å². The van der Waals surface area contributed by atoms with Crippen LogP contribution in [-0.2, 0) is 10.0 Å². The molecule has 1 aromatic heterocycles. The molecule has 2 rings (SSSR count). The van der Waals surface area contributed by atoms with E-state index in [0.29, 0.717) is 17.0 Å². The number of hydrogen-bond acceptors (Lipinski definition) is 5. The van der Waals surface area contributed by atoms with Gasteiger partial charge in [-0.05, 0) is 37.3 Å². The van der Waals surface area contributed by atoms with E-state index in [-0.39, 0.29) is 9.20 Å². The number of nitrogens with two attached hydrogens (primary N) is 1. The van der Waals surface area contributed by atoms with Crippen molar-refractivity contribution >= 4 is 44.3 Å². The average molecular weight is 342 g/mol. The van der Waals surface area contributed by atoms with Crippen molar-refractivity contribution in [3.8, 4) is 5.75 Å². The first kappa shape index (κ1) is 15.7. The number of thiophene rings is 1. The normalized spacial score (nSPS) is 11.1. The minimum atomic E-state index is -3.63. The third kappa shape index (κ3) is 3.52. The Labute approximate surface area is 132 Å². The zero-order chi connectivity index (χ0) is 15.6. The lowest BCUT2D eigenvalue weighted by Crippen LogP contribution is -2.14. The van der Waals surface area contributed by atoms with E-state index in [4.69, 9.17) is 22.7 Å². The van der Waals surface area contributed by atoms with Gasteiger partial charge in [-0.25, -0.2) is 8.42 Å². The third-order valence-electron chi connectivity index (χ3n) is 2.71. The maximum atomic E-state index is 12.3. The molecule has 0 aliphatic heterocycles. The molecule has 0 saturated carbocycles. The Morgan fingerprint density at radius 1 is 1.33 bits per heavy atom. The largest absolute Gasteiger partial charge is 0.495 e. The Morgan fingerprint density at radius 3 is 2.57 bits per heavy atom. The summed E-state index contributed by atoms with van der Waals surface area (Å²) in [6.45, 7) is 1.85. The molecule has 3 N–H and O–H groups in total. The second-order valence-electron chi connectivity index (χ2n) is 4.25. The molecule has 2 aromatic rings. The van der Waals surface area contributed by atoms with Crippen LogP contribution in [0.25, 0.3) is 0 Å². The molecule has 1 aromatic carbocycles. The average Bonchev–Trinajstić information content (AvgIpc) is 2.86. The highest BCUT2D eigenvalue weighted by Gasteiger charge is 2.18. The molecule has 21 heavy (non-hydrogen) atoms. The van der Waals surface area contributed by atoms with Crippen LogP contribution >= 0.6 is 23.6 Å². The van der Waals surface area contributed by atoms with E-state index in [2.05, 4.69) is 4.72 Å². The summed E-state index contributed by atoms with van der Waals surface area (Å²) in [5.74, 6) is 0.358. The molecule has 0 spiro atoms. The predicted molar refractivity (Wildman–Crippen MR) is 88.7 cm³/mol. The Morgan fingerprint density at radius 2 is 2.05 bits per heavy atom. The molecule has 0 aliphatic rings. The lowest BCUT2D eigenvalue weighted by molar-refractivity contribution is 0.417. The Kier molecular flexibility index (Phi) is 4.50. The number of nitrogens with one attached hydrogen (secondary N) is 1. The number of benzene rings is 1. The number of thiocarbonyl (C=S) groups is 1. The number of hydrogen-bond donors (Lipinski definition) is 2. The Bertz CT molecular complexity index is 782. The van der Waals surface area contributed by atoms with Crippen LogP contribution in [0.15, 0.2) is 34.5 Å². The number of rotatable bonds is 5. The number of sulfonamides is 1. The number of anilines is 1. The van der Waals surface area contributed by atoms with Crippen LogP contribution in [0.5, 0.6) is 5.75 Å². The maximum Gasteiger partial charge on any atom is 0.271 e. The highest BCUT2D eigenvalue weighted by atomic mass is 32.2. The van der Waals surface area contributed by atoms with Crippen molar-refractivity contribution in [2.24, 2.45) is 5.73 Å². The molecular weight excluding hydrogens is 328 g/mol. The summed E-state index contributed by atoms with van der Waals surface area (Å²) in [7, 11) is -2.18. The standard InChI is InChI=1S/C13H14N2O3S3/c1-8-3-6-12(20-8)21(16,17)15-10-5-4-9(13(14)19)7-11(10)18-2/h3-7,15H,1-2H3,(H2,14,19). The van der Waals surface area contributed by atoms with Crippen LogP contribution in [-0.4, -0.2) is 20.5 Å². The zero-order valence-corrected chi connectivity index (χ0v) is 13.9. The first-order valence-electron chi connectivity index (χ1n) is 5.90. The van der Waals surface area contributed by atoms with Crippen molar-refractivity contribution in [2.75, 3.05) is 11.8 Å². The SMILES string of the molecule is COc1cc(C(N)=S)ccc1NS(=O)(=O)c1ccc(C)s1. The quantitative estimate of drug-likeness (QED) is 0.816. The van der Waals surface area contributed by atoms with Gasteiger partial charge in [0.05, 0.1) is 12.8 Å². The van der Waals surface area contributed by atoms with Crippen molar-refractivity contribution in [2.45, 2.75) is 11.1 Å². The smallest absolute Gasteiger partial charge is 0.271 e. The van der Waals surface area contributed by atoms with Crippen molar-refractivity contribution in [3.63, 3.8) is 0 Å². The van der Waals surface area contributed by atoms with E-state index < -0.39 is 10.0 Å². The maximum absolute atomic E-state index is 12.3. The fraction of sp³-hybridized carbons (Fsp3) is 0.154. The molecular formula is C13H14N2O3S3. The number of methoxy groups -OCH3 is 1. The highest BCUT2D eigenvalue weighted by Crippen LogP contribution is 2.29. The van der Waals surface area contributed by atoms with Gasteiger partial charge >= 0.3 is 0 Å². The minimum absolute atomic E-state index is 0.219. The third-order valence-corrected chi connectivity index (χ3v) is 5.80. The summed E-state index contributed by atoms with van der Waals surface area (Å²) in [6.07, 6.45) is 0. The van der Waals surface area contributed by atoms with Gasteiger partial charge in [-0.1, -0.05) is 12.2 Å². The molecule has 0 aliphatic carbocycles. The molecule has 0 saturated heterocycles. The predicted octanol–water partition coefficient (Wildman–Crippen LogP) is 2.50. The molecule has 0 amide bonds. The summed E-state index contributed by atoms with van der Waals surface area (Å²) in [5.41, 5.74) is 6.49. The molecule has 1 heterocycles. The number of ether oxygens (including phenoxy) is 1. The van der Waals surface area contributed by atoms with Crippen molar-refractivity contribution in [1.29, 1.82) is 0 Å². The molecule has 112 valence electrons. The topological polar surface area (TPSA) is 81.4 Å². The van der Waals surface area contributed by atoms with Crippen LogP contribution in [0.4, 0.5) is 5.69 Å². The first-order valence-corrected chi connectivity index (χ1v) is 8.61. The van der Waals surface area contributed by atoms with E-state index in [1.54, 1.807) is 30.3 Å². The minimum Gasteiger partial charge on any atom is -0.495 e. The van der Waals surface area contributed by atoms with Crippen molar-refractivity contribution < 1.29 is 13.2 Å². The number of aryl methyl sites for hydroxylation is 1. The van der Waals surface area contributed by atoms with Gasteiger partial charge in [0.2, 0.25) is 0 Å². The van der Waals surface area contributed by atoms with E-state index in [1.807, 2.05) is 6.92 Å². The van der Waals surface area contributed by atoms with Crippen LogP contribution in [0.2, 0.25) is 0 Å². The van der Waals surface area contributed by atoms with Gasteiger partial charge in [0, 0.05) is 10.4 Å². The fourth-order valence-electron chi connectivity index (χ4n) is 1.68. The Hall–Kier alpha value is -1.64. The van der Waals surface area contributed by atoms with Gasteiger partial charge in [-0.15, -0.1) is 11.3 Å². The van der Waals surface area contributed by atoms with Gasteiger partial charge in [0.1, 0.15) is 14.9 Å². The van der Waals surface area contributed by atoms with Crippen LogP contribution < -0.4 is 15.2 Å². The second-order valence-corrected chi connectivity index (χ2v) is 7.89. The molecule has 0 bridgehead atoms. The summed E-state index contributed by atoms with van der Waals surface area (Å²) in [4.78, 5) is 1.14. The fourth-order valence-corrected chi connectivity index (χ4v) is 4.16. The van der Waals surface area contributed by atoms with E-state index >= 15 is 0 Å². The molecule has 0 fully saturated rings. The van der Waals surface area contributed by atoms with Crippen LogP contribution in [0.1, 0.15) is 10.4 Å². The molecule has 0 atom stereocenters. The second kappa shape index (κ2) is 6.00. The lowest BCUT2D eigenvalue weighted by Gasteiger charge is -2.12. The van der Waals surface area contributed by atoms with Gasteiger partial charge < -0.3 is 10.5 Å². The van der Waals surface area contributed by atoms with E-state index in [0.717, 1.165) is 4.88 Å². The molecule has 5 nitrogen and oxygen atoms in total. The van der Waals surface area contributed by atoms with E-state index in [1.165, 1.54) is 18.4 Å². The molecule has 0 unspecified atom stereocenters. The summed E-state index contributed by atoms with van der Waals surface area (Å²) in [6, 6.07) is 8.14. The van der Waals surface area contributed by atoms with Crippen molar-refractivity contribution in [1.82, 2.24) is 0 Å². The zero-order valence-electron chi connectivity index (χ0n) is 11.4. The van der Waals surface area contributed by atoms with Gasteiger partial charge in [0.15, 0.2) is 0 Å². The van der Waals surface area contributed by atoms with E-state index in [9.17, 15) is 8.42 Å². The Balaban J connectivity index is 2.37. The highest BCUT2D eigenvalue weighted by molar-refractivity contribution is 7.94. The molecule has 0 radical (unpaired) electrons. The molecule has 8 heteroatoms.